The number of azide groups is 1. The van der Waals surface area contributed by atoms with Crippen molar-refractivity contribution < 1.29 is 13.2 Å². The zero-order valence-electron chi connectivity index (χ0n) is 7.16. The van der Waals surface area contributed by atoms with Gasteiger partial charge in [-0.05, 0) is 29.3 Å². The Hall–Kier alpha value is -1.56. The molecule has 0 N–H and O–H groups in total. The van der Waals surface area contributed by atoms with Gasteiger partial charge in [0.2, 0.25) is 0 Å². The van der Waals surface area contributed by atoms with Crippen molar-refractivity contribution in [1.82, 2.24) is 0 Å². The number of benzene rings is 1. The van der Waals surface area contributed by atoms with Crippen LogP contribution in [0, 0.1) is 0 Å². The van der Waals surface area contributed by atoms with Crippen LogP contribution in [0.2, 0.25) is 0 Å². The lowest BCUT2D eigenvalue weighted by Crippen LogP contribution is -2.02. The number of rotatable bonds is 3. The van der Waals surface area contributed by atoms with E-state index in [0.717, 1.165) is 6.07 Å². The molecule has 0 aliphatic rings. The predicted octanol–water partition coefficient (Wildman–Crippen LogP) is 2.06. The van der Waals surface area contributed by atoms with Crippen LogP contribution in [-0.2, 0) is 10.0 Å². The van der Waals surface area contributed by atoms with Crippen molar-refractivity contribution >= 4 is 26.9 Å². The molecule has 0 spiro atoms. The molecule has 0 saturated carbocycles. The molecule has 1 aromatic rings. The lowest BCUT2D eigenvalue weighted by Gasteiger charge is -2.01. The Bertz CT molecular complexity index is 548. The predicted molar refractivity (Wildman–Crippen MR) is 53.0 cm³/mol. The maximum atomic E-state index is 11.3. The van der Waals surface area contributed by atoms with Crippen molar-refractivity contribution in [3.05, 3.63) is 40.3 Å². The second-order valence-corrected chi connectivity index (χ2v) is 4.31. The molecule has 0 radical (unpaired) electrons. The van der Waals surface area contributed by atoms with E-state index in [1.54, 1.807) is 0 Å². The van der Waals surface area contributed by atoms with Gasteiger partial charge in [-0.2, -0.15) is 0 Å². The molecule has 8 heteroatoms. The highest BCUT2D eigenvalue weighted by Gasteiger charge is 2.19. The number of sulfonamides is 1. The Morgan fingerprint density at radius 3 is 2.53 bits per heavy atom. The van der Waals surface area contributed by atoms with E-state index in [4.69, 9.17) is 17.1 Å². The summed E-state index contributed by atoms with van der Waals surface area (Å²) in [4.78, 5) is 12.6. The Balaban J connectivity index is 3.51. The summed E-state index contributed by atoms with van der Waals surface area (Å²) in [7, 11) is -4.18. The van der Waals surface area contributed by atoms with Crippen molar-refractivity contribution in [2.24, 2.45) is 4.52 Å². The van der Waals surface area contributed by atoms with Gasteiger partial charge < -0.3 is 0 Å². The SMILES string of the molecule is [N-]=[N+]=NS(=O)(=O)c1ccccc1C(=O)Cl. The summed E-state index contributed by atoms with van der Waals surface area (Å²) in [6, 6.07) is 5.21. The summed E-state index contributed by atoms with van der Waals surface area (Å²) in [5, 5.41) is -0.928. The van der Waals surface area contributed by atoms with Crippen LogP contribution in [0.1, 0.15) is 10.4 Å². The summed E-state index contributed by atoms with van der Waals surface area (Å²) >= 11 is 5.18. The van der Waals surface area contributed by atoms with Gasteiger partial charge >= 0.3 is 0 Å². The molecule has 0 atom stereocenters. The average molecular weight is 246 g/mol. The maximum absolute atomic E-state index is 11.3. The number of hydrogen-bond acceptors (Lipinski definition) is 3. The first-order valence-electron chi connectivity index (χ1n) is 3.59. The van der Waals surface area contributed by atoms with E-state index in [1.807, 2.05) is 0 Å². The third kappa shape index (κ3) is 2.47. The van der Waals surface area contributed by atoms with E-state index in [1.165, 1.54) is 18.2 Å². The minimum Gasteiger partial charge on any atom is -0.276 e. The largest absolute Gasteiger partial charge is 0.276 e. The third-order valence-corrected chi connectivity index (χ3v) is 2.92. The quantitative estimate of drug-likeness (QED) is 0.352. The van der Waals surface area contributed by atoms with Gasteiger partial charge in [0.05, 0.1) is 10.5 Å². The van der Waals surface area contributed by atoms with Gasteiger partial charge in [0.25, 0.3) is 15.3 Å². The lowest BCUT2D eigenvalue weighted by atomic mass is 10.2. The highest BCUT2D eigenvalue weighted by molar-refractivity contribution is 7.90. The normalized spacial score (nSPS) is 10.5. The molecule has 0 aliphatic heterocycles. The zero-order chi connectivity index (χ0) is 11.5. The fourth-order valence-electron chi connectivity index (χ4n) is 0.946. The summed E-state index contributed by atoms with van der Waals surface area (Å²) < 4.78 is 25.3. The minimum atomic E-state index is -4.18. The number of halogens is 1. The van der Waals surface area contributed by atoms with Crippen LogP contribution >= 0.6 is 11.6 Å². The summed E-state index contributed by atoms with van der Waals surface area (Å²) in [6.07, 6.45) is 0. The second-order valence-electron chi connectivity index (χ2n) is 2.42. The van der Waals surface area contributed by atoms with Crippen LogP contribution in [0.4, 0.5) is 0 Å². The molecule has 0 amide bonds. The fourth-order valence-corrected chi connectivity index (χ4v) is 2.04. The van der Waals surface area contributed by atoms with Crippen molar-refractivity contribution in [3.8, 4) is 0 Å². The molecule has 78 valence electrons. The third-order valence-electron chi connectivity index (χ3n) is 1.52. The molecule has 15 heavy (non-hydrogen) atoms. The smallest absolute Gasteiger partial charge is 0.265 e. The first kappa shape index (κ1) is 11.5. The van der Waals surface area contributed by atoms with Gasteiger partial charge in [-0.15, -0.1) is 0 Å². The van der Waals surface area contributed by atoms with E-state index in [0.29, 0.717) is 0 Å². The molecule has 0 unspecified atom stereocenters. The van der Waals surface area contributed by atoms with Crippen LogP contribution < -0.4 is 0 Å². The first-order valence-corrected chi connectivity index (χ1v) is 5.41. The number of carbonyl (C=O) groups excluding carboxylic acids is 1. The van der Waals surface area contributed by atoms with Crippen LogP contribution in [0.15, 0.2) is 33.7 Å². The van der Waals surface area contributed by atoms with Crippen molar-refractivity contribution in [2.75, 3.05) is 0 Å². The Labute approximate surface area is 90.2 Å². The van der Waals surface area contributed by atoms with E-state index >= 15 is 0 Å². The van der Waals surface area contributed by atoms with Crippen LogP contribution in [-0.4, -0.2) is 13.7 Å². The van der Waals surface area contributed by atoms with E-state index in [9.17, 15) is 13.2 Å². The van der Waals surface area contributed by atoms with Gasteiger partial charge in [-0.25, -0.2) is 8.42 Å². The van der Waals surface area contributed by atoms with Crippen molar-refractivity contribution in [3.63, 3.8) is 0 Å². The van der Waals surface area contributed by atoms with E-state index < -0.39 is 20.2 Å². The average Bonchev–Trinajstić information content (AvgIpc) is 2.17. The molecule has 0 heterocycles. The molecule has 1 aromatic carbocycles. The second kappa shape index (κ2) is 4.31. The fraction of sp³-hybridized carbons (Fsp3) is 0. The molecule has 6 nitrogen and oxygen atoms in total. The zero-order valence-corrected chi connectivity index (χ0v) is 8.73. The molecular weight excluding hydrogens is 242 g/mol. The summed E-state index contributed by atoms with van der Waals surface area (Å²) in [6.45, 7) is 0. The van der Waals surface area contributed by atoms with Gasteiger partial charge in [0.15, 0.2) is 0 Å². The van der Waals surface area contributed by atoms with Gasteiger partial charge in [0.1, 0.15) is 0 Å². The number of carbonyl (C=O) groups is 1. The van der Waals surface area contributed by atoms with E-state index in [-0.39, 0.29) is 5.56 Å². The molecule has 1 rings (SSSR count). The van der Waals surface area contributed by atoms with Crippen LogP contribution in [0.5, 0.6) is 0 Å². The van der Waals surface area contributed by atoms with Crippen molar-refractivity contribution in [2.45, 2.75) is 4.90 Å². The lowest BCUT2D eigenvalue weighted by molar-refractivity contribution is 0.107. The standard InChI is InChI=1S/C7H4ClN3O3S/c8-7(12)5-3-1-2-4-6(5)15(13,14)11-10-9/h1-4H. The Kier molecular flexibility index (Phi) is 3.31. The Morgan fingerprint density at radius 2 is 2.00 bits per heavy atom. The molecule has 0 aliphatic carbocycles. The molecule has 0 aromatic heterocycles. The maximum Gasteiger partial charge on any atom is 0.265 e. The molecular formula is C7H4ClN3O3S. The highest BCUT2D eigenvalue weighted by Crippen LogP contribution is 2.19. The molecule has 0 fully saturated rings. The molecule has 0 saturated heterocycles. The first-order chi connectivity index (χ1) is 6.99. The van der Waals surface area contributed by atoms with Gasteiger partial charge in [-0.1, -0.05) is 12.1 Å². The van der Waals surface area contributed by atoms with Crippen molar-refractivity contribution in [1.29, 1.82) is 0 Å². The number of nitrogens with zero attached hydrogens (tertiary/aromatic N) is 3. The minimum absolute atomic E-state index is 0.216. The summed E-state index contributed by atoms with van der Waals surface area (Å²) in [5.74, 6) is 0. The summed E-state index contributed by atoms with van der Waals surface area (Å²) in [5.41, 5.74) is 7.84. The molecule has 0 bridgehead atoms. The number of hydrogen-bond donors (Lipinski definition) is 0. The van der Waals surface area contributed by atoms with Gasteiger partial charge in [-0.3, -0.25) is 4.79 Å². The van der Waals surface area contributed by atoms with Crippen LogP contribution in [0.25, 0.3) is 10.4 Å². The topological polar surface area (TPSA) is 100.0 Å². The Morgan fingerprint density at radius 1 is 1.40 bits per heavy atom. The monoisotopic (exact) mass is 245 g/mol. The van der Waals surface area contributed by atoms with Gasteiger partial charge in [0, 0.05) is 9.43 Å². The highest BCUT2D eigenvalue weighted by atomic mass is 35.5. The van der Waals surface area contributed by atoms with E-state index in [2.05, 4.69) is 9.43 Å². The van der Waals surface area contributed by atoms with Crippen LogP contribution in [0.3, 0.4) is 0 Å².